The lowest BCUT2D eigenvalue weighted by atomic mass is 9.76. The highest BCUT2D eigenvalue weighted by Crippen LogP contribution is 2.43. The lowest BCUT2D eigenvalue weighted by molar-refractivity contribution is -0.198. The van der Waals surface area contributed by atoms with E-state index in [-0.39, 0.29) is 38.8 Å². The molecule has 3 aromatic rings. The van der Waals surface area contributed by atoms with Gasteiger partial charge in [0.1, 0.15) is 11.9 Å². The second-order valence-corrected chi connectivity index (χ2v) is 13.6. The zero-order valence-electron chi connectivity index (χ0n) is 24.7. The molecule has 1 unspecified atom stereocenters. The molecule has 0 radical (unpaired) electrons. The van der Waals surface area contributed by atoms with Crippen LogP contribution in [0.2, 0.25) is 0 Å². The second kappa shape index (κ2) is 12.3. The Morgan fingerprint density at radius 3 is 2.53 bits per heavy atom. The number of aromatic nitrogens is 2. The molecule has 3 heterocycles. The zero-order chi connectivity index (χ0) is 32.6. The maximum absolute atomic E-state index is 14.8. The molecule has 4 N–H and O–H groups in total. The van der Waals surface area contributed by atoms with Crippen molar-refractivity contribution in [2.24, 2.45) is 5.41 Å². The van der Waals surface area contributed by atoms with Crippen LogP contribution in [0.1, 0.15) is 43.4 Å². The number of rotatable bonds is 8. The number of nitrogen functional groups attached to an aromatic ring is 1. The predicted molar refractivity (Wildman–Crippen MR) is 163 cm³/mol. The Hall–Kier alpha value is -4.17. The molecule has 45 heavy (non-hydrogen) atoms. The van der Waals surface area contributed by atoms with E-state index < -0.39 is 34.1 Å². The van der Waals surface area contributed by atoms with Crippen molar-refractivity contribution in [2.45, 2.75) is 49.4 Å². The molecular weight excluding hydrogens is 611 g/mol. The number of carboxylic acids is 1. The summed E-state index contributed by atoms with van der Waals surface area (Å²) >= 11 is 0. The van der Waals surface area contributed by atoms with Crippen molar-refractivity contribution in [2.75, 3.05) is 36.5 Å². The van der Waals surface area contributed by atoms with Gasteiger partial charge in [-0.3, -0.25) is 4.79 Å². The van der Waals surface area contributed by atoms with Gasteiger partial charge in [0.25, 0.3) is 0 Å². The molecule has 2 fully saturated rings. The summed E-state index contributed by atoms with van der Waals surface area (Å²) in [6, 6.07) is 10.8. The van der Waals surface area contributed by atoms with Crippen molar-refractivity contribution in [1.29, 1.82) is 0 Å². The lowest BCUT2D eigenvalue weighted by Gasteiger charge is -2.39. The first-order chi connectivity index (χ1) is 21.2. The molecule has 0 bridgehead atoms. The summed E-state index contributed by atoms with van der Waals surface area (Å²) in [5.41, 5.74) is 6.56. The molecule has 14 heteroatoms. The van der Waals surface area contributed by atoms with Crippen LogP contribution in [0.4, 0.5) is 24.9 Å². The van der Waals surface area contributed by atoms with Gasteiger partial charge < -0.3 is 25.8 Å². The highest BCUT2D eigenvalue weighted by Gasteiger charge is 2.46. The highest BCUT2D eigenvalue weighted by atomic mass is 32.2. The summed E-state index contributed by atoms with van der Waals surface area (Å²) in [4.78, 5) is 21.5. The number of hydrogen-bond acceptors (Lipinski definition) is 9. The first-order valence-electron chi connectivity index (χ1n) is 14.3. The quantitative estimate of drug-likeness (QED) is 0.310. The van der Waals surface area contributed by atoms with Gasteiger partial charge in [0.05, 0.1) is 4.90 Å². The second-order valence-electron chi connectivity index (χ2n) is 11.6. The van der Waals surface area contributed by atoms with Gasteiger partial charge >= 0.3 is 12.1 Å². The Morgan fingerprint density at radius 2 is 1.91 bits per heavy atom. The molecule has 240 valence electrons. The van der Waals surface area contributed by atoms with E-state index in [9.17, 15) is 31.5 Å². The molecule has 2 saturated heterocycles. The van der Waals surface area contributed by atoms with Gasteiger partial charge in [0, 0.05) is 37.5 Å². The normalized spacial score (nSPS) is 19.2. The number of piperidine rings is 1. The van der Waals surface area contributed by atoms with E-state index in [0.29, 0.717) is 50.3 Å². The van der Waals surface area contributed by atoms with Crippen LogP contribution in [0.15, 0.2) is 59.5 Å². The summed E-state index contributed by atoms with van der Waals surface area (Å²) in [5, 5.41) is 12.4. The summed E-state index contributed by atoms with van der Waals surface area (Å²) in [6.07, 6.45) is -1.02. The topological polar surface area (TPSA) is 148 Å². The van der Waals surface area contributed by atoms with Crippen LogP contribution in [-0.2, 0) is 14.6 Å². The van der Waals surface area contributed by atoms with E-state index in [1.54, 1.807) is 31.2 Å². The molecule has 5 rings (SSSR count). The molecule has 1 spiro atoms. The maximum atomic E-state index is 14.8. The van der Waals surface area contributed by atoms with Crippen LogP contribution in [0, 0.1) is 5.41 Å². The van der Waals surface area contributed by atoms with Gasteiger partial charge in [-0.2, -0.15) is 23.1 Å². The first-order valence-corrected chi connectivity index (χ1v) is 16.2. The van der Waals surface area contributed by atoms with Crippen LogP contribution >= 0.6 is 0 Å². The van der Waals surface area contributed by atoms with Gasteiger partial charge in [-0.15, -0.1) is 0 Å². The van der Waals surface area contributed by atoms with Gasteiger partial charge in [-0.25, -0.2) is 8.42 Å². The fraction of sp³-hybridized carbons (Fsp3) is 0.387. The lowest BCUT2D eigenvalue weighted by Crippen LogP contribution is -2.41. The molecule has 2 aliphatic heterocycles. The predicted octanol–water partition coefficient (Wildman–Crippen LogP) is 4.88. The Morgan fingerprint density at radius 1 is 1.18 bits per heavy atom. The number of anilines is 2. The number of nitrogens with two attached hydrogens (primary N) is 1. The average Bonchev–Trinajstić information content (AvgIpc) is 3.39. The number of carbonyl (C=O) groups is 1. The zero-order valence-corrected chi connectivity index (χ0v) is 25.5. The minimum absolute atomic E-state index is 0.0322. The Kier molecular flexibility index (Phi) is 8.82. The number of halogens is 3. The van der Waals surface area contributed by atoms with Gasteiger partial charge in [-0.05, 0) is 66.5 Å². The van der Waals surface area contributed by atoms with Crippen LogP contribution in [0.3, 0.4) is 0 Å². The number of allylic oxidation sites excluding steroid dienone is 1. The molecule has 0 aliphatic carbocycles. The van der Waals surface area contributed by atoms with Crippen LogP contribution in [-0.4, -0.2) is 67.6 Å². The molecule has 2 aliphatic rings. The monoisotopic (exact) mass is 645 g/mol. The van der Waals surface area contributed by atoms with Crippen LogP contribution < -0.4 is 20.7 Å². The van der Waals surface area contributed by atoms with E-state index in [4.69, 9.17) is 10.5 Å². The number of hydrogen-bond donors (Lipinski definition) is 3. The van der Waals surface area contributed by atoms with Crippen LogP contribution in [0.25, 0.3) is 17.2 Å². The summed E-state index contributed by atoms with van der Waals surface area (Å²) < 4.78 is 74.3. The standard InChI is InChI=1S/C31H34F3N5O5S/c1-3-5-19-8-9-22(23(14-19)20-6-4-7-21(15-20)45(2,42)43)27(31(32,33)34)44-26-16-25(37-29(35)38-26)39-12-10-30(11-13-39)17-24(28(40)41)36-18-30/h3-9,14-16,24,27,36H,10-13,17-18H2,1-2H3,(H,40,41)(H2,35,37,38)/t24?,27-/m1/s1. The van der Waals surface area contributed by atoms with E-state index in [2.05, 4.69) is 15.3 Å². The number of sulfone groups is 1. The molecule has 0 saturated carbocycles. The van der Waals surface area contributed by atoms with E-state index >= 15 is 0 Å². The van der Waals surface area contributed by atoms with Gasteiger partial charge in [0.2, 0.25) is 17.9 Å². The number of carboxylic acid groups (broad SMARTS) is 1. The van der Waals surface area contributed by atoms with Crippen molar-refractivity contribution in [3.63, 3.8) is 0 Å². The van der Waals surface area contributed by atoms with E-state index in [0.717, 1.165) is 6.26 Å². The van der Waals surface area contributed by atoms with Gasteiger partial charge in [-0.1, -0.05) is 36.4 Å². The smallest absolute Gasteiger partial charge is 0.429 e. The third-order valence-electron chi connectivity index (χ3n) is 8.34. The van der Waals surface area contributed by atoms with E-state index in [1.807, 2.05) is 4.90 Å². The van der Waals surface area contributed by atoms with E-state index in [1.165, 1.54) is 36.4 Å². The minimum Gasteiger partial charge on any atom is -0.480 e. The number of alkyl halides is 3. The molecule has 10 nitrogen and oxygen atoms in total. The third kappa shape index (κ3) is 7.22. The third-order valence-corrected chi connectivity index (χ3v) is 9.45. The highest BCUT2D eigenvalue weighted by molar-refractivity contribution is 7.90. The maximum Gasteiger partial charge on any atom is 0.429 e. The van der Waals surface area contributed by atoms with Crippen molar-refractivity contribution < 1.29 is 36.2 Å². The first kappa shape index (κ1) is 32.2. The van der Waals surface area contributed by atoms with Crippen molar-refractivity contribution in [3.8, 4) is 17.0 Å². The van der Waals surface area contributed by atoms with Crippen molar-refractivity contribution >= 4 is 33.6 Å². The van der Waals surface area contributed by atoms with Crippen LogP contribution in [0.5, 0.6) is 5.88 Å². The Balaban J connectivity index is 1.47. The Bertz CT molecular complexity index is 1720. The number of ether oxygens (including phenoxy) is 1. The molecule has 0 amide bonds. The number of nitrogens with one attached hydrogen (secondary N) is 1. The number of aliphatic carboxylic acids is 1. The molecule has 2 aromatic carbocycles. The molecule has 2 atom stereocenters. The van der Waals surface area contributed by atoms with Crippen molar-refractivity contribution in [3.05, 3.63) is 65.7 Å². The fourth-order valence-corrected chi connectivity index (χ4v) is 6.67. The molecular formula is C31H34F3N5O5S. The largest absolute Gasteiger partial charge is 0.480 e. The average molecular weight is 646 g/mol. The molecule has 1 aromatic heterocycles. The van der Waals surface area contributed by atoms with Crippen molar-refractivity contribution in [1.82, 2.24) is 15.3 Å². The number of benzene rings is 2. The minimum atomic E-state index is -4.89. The fourth-order valence-electron chi connectivity index (χ4n) is 6.01. The summed E-state index contributed by atoms with van der Waals surface area (Å²) in [5.74, 6) is -1.22. The van der Waals surface area contributed by atoms with Gasteiger partial charge in [0.15, 0.2) is 9.84 Å². The Labute approximate surface area is 259 Å². The SMILES string of the molecule is CC=Cc1ccc([C@@H](Oc2cc(N3CCC4(CC3)CNC(C(=O)O)C4)nc(N)n2)C(F)(F)F)c(-c2cccc(S(C)(=O)=O)c2)c1. The summed E-state index contributed by atoms with van der Waals surface area (Å²) in [7, 11) is -3.63. The summed E-state index contributed by atoms with van der Waals surface area (Å²) in [6.45, 7) is 3.35. The number of nitrogens with zero attached hydrogens (tertiary/aromatic N) is 3.